The lowest BCUT2D eigenvalue weighted by Gasteiger charge is -2.37. The van der Waals surface area contributed by atoms with Crippen molar-refractivity contribution in [2.24, 2.45) is 11.3 Å². The van der Waals surface area contributed by atoms with Crippen LogP contribution in [0.2, 0.25) is 0 Å². The highest BCUT2D eigenvalue weighted by molar-refractivity contribution is 5.96. The average Bonchev–Trinajstić information content (AvgIpc) is 3.25. The minimum atomic E-state index is -0.222. The van der Waals surface area contributed by atoms with Gasteiger partial charge in [0.25, 0.3) is 0 Å². The summed E-state index contributed by atoms with van der Waals surface area (Å²) >= 11 is 0. The number of carbonyl (C=O) groups is 1. The van der Waals surface area contributed by atoms with Crippen molar-refractivity contribution in [2.75, 3.05) is 18.4 Å². The van der Waals surface area contributed by atoms with Gasteiger partial charge in [-0.2, -0.15) is 5.10 Å². The second-order valence-corrected chi connectivity index (χ2v) is 6.68. The van der Waals surface area contributed by atoms with Crippen LogP contribution in [0.4, 0.5) is 5.69 Å². The summed E-state index contributed by atoms with van der Waals surface area (Å²) in [6.07, 6.45) is 8.21. The van der Waals surface area contributed by atoms with Crippen LogP contribution in [-0.2, 0) is 4.79 Å². The Morgan fingerprint density at radius 3 is 3.17 bits per heavy atom. The average molecular weight is 310 g/mol. The van der Waals surface area contributed by atoms with Gasteiger partial charge in [-0.15, -0.1) is 0 Å². The third-order valence-corrected chi connectivity index (χ3v) is 5.36. The Balaban J connectivity index is 1.56. The first-order valence-electron chi connectivity index (χ1n) is 8.40. The number of rotatable bonds is 3. The number of hydrogen-bond acceptors (Lipinski definition) is 3. The van der Waals surface area contributed by atoms with Crippen molar-refractivity contribution in [3.63, 3.8) is 0 Å². The van der Waals surface area contributed by atoms with Crippen molar-refractivity contribution in [1.29, 1.82) is 0 Å². The Morgan fingerprint density at radius 1 is 1.35 bits per heavy atom. The number of anilines is 1. The minimum Gasteiger partial charge on any atom is -0.325 e. The van der Waals surface area contributed by atoms with Gasteiger partial charge >= 0.3 is 0 Å². The van der Waals surface area contributed by atoms with Gasteiger partial charge in [0.2, 0.25) is 5.91 Å². The molecular formula is C18H22N4O. The van der Waals surface area contributed by atoms with E-state index in [4.69, 9.17) is 0 Å². The van der Waals surface area contributed by atoms with Crippen LogP contribution in [0.25, 0.3) is 5.69 Å². The van der Waals surface area contributed by atoms with Gasteiger partial charge in [-0.1, -0.05) is 18.9 Å². The first kappa shape index (κ1) is 14.5. The molecule has 2 atom stereocenters. The van der Waals surface area contributed by atoms with Crippen LogP contribution in [0.3, 0.4) is 0 Å². The summed E-state index contributed by atoms with van der Waals surface area (Å²) in [5.74, 6) is 0.648. The van der Waals surface area contributed by atoms with Gasteiger partial charge < -0.3 is 10.6 Å². The Kier molecular flexibility index (Phi) is 3.65. The number of carbonyl (C=O) groups excluding carboxylic acids is 1. The van der Waals surface area contributed by atoms with E-state index in [-0.39, 0.29) is 11.3 Å². The fourth-order valence-electron chi connectivity index (χ4n) is 4.09. The minimum absolute atomic E-state index is 0.171. The molecule has 1 aliphatic heterocycles. The molecule has 4 rings (SSSR count). The van der Waals surface area contributed by atoms with Crippen LogP contribution in [0.5, 0.6) is 0 Å². The van der Waals surface area contributed by atoms with Gasteiger partial charge in [-0.05, 0) is 49.6 Å². The Morgan fingerprint density at radius 2 is 2.30 bits per heavy atom. The number of hydrogen-bond donors (Lipinski definition) is 2. The molecule has 5 heteroatoms. The predicted molar refractivity (Wildman–Crippen MR) is 89.5 cm³/mol. The van der Waals surface area contributed by atoms with E-state index in [1.807, 2.05) is 36.5 Å². The third kappa shape index (κ3) is 2.55. The zero-order chi connectivity index (χ0) is 15.7. The molecule has 1 aromatic heterocycles. The van der Waals surface area contributed by atoms with Gasteiger partial charge in [0, 0.05) is 24.6 Å². The van der Waals surface area contributed by atoms with E-state index in [1.165, 1.54) is 6.42 Å². The van der Waals surface area contributed by atoms with Gasteiger partial charge in [-0.3, -0.25) is 4.79 Å². The molecule has 1 aromatic carbocycles. The molecule has 0 radical (unpaired) electrons. The molecule has 2 heterocycles. The standard InChI is InChI=1S/C18H22N4O/c23-17(18-8-2-1-5-14(18)12-19-13-18)21-15-6-3-7-16(11-15)22-10-4-9-20-22/h3-4,6-7,9-11,14,19H,1-2,5,8,12-13H2,(H,21,23)/t14-,18+/m0/s1. The van der Waals surface area contributed by atoms with E-state index >= 15 is 0 Å². The molecule has 23 heavy (non-hydrogen) atoms. The molecule has 2 fully saturated rings. The maximum atomic E-state index is 13.0. The molecule has 0 unspecified atom stereocenters. The molecule has 2 N–H and O–H groups in total. The summed E-state index contributed by atoms with van der Waals surface area (Å²) in [4.78, 5) is 13.0. The third-order valence-electron chi connectivity index (χ3n) is 5.36. The molecule has 1 aliphatic carbocycles. The molecule has 2 aromatic rings. The Hall–Kier alpha value is -2.14. The van der Waals surface area contributed by atoms with Crippen molar-refractivity contribution in [2.45, 2.75) is 25.7 Å². The second-order valence-electron chi connectivity index (χ2n) is 6.68. The molecule has 0 spiro atoms. The van der Waals surface area contributed by atoms with Crippen molar-refractivity contribution < 1.29 is 4.79 Å². The topological polar surface area (TPSA) is 59.0 Å². The lowest BCUT2D eigenvalue weighted by atomic mass is 9.67. The van der Waals surface area contributed by atoms with Crippen LogP contribution >= 0.6 is 0 Å². The zero-order valence-electron chi connectivity index (χ0n) is 13.2. The van der Waals surface area contributed by atoms with Crippen LogP contribution in [0.1, 0.15) is 25.7 Å². The quantitative estimate of drug-likeness (QED) is 0.916. The molecule has 120 valence electrons. The van der Waals surface area contributed by atoms with Crippen molar-refractivity contribution >= 4 is 11.6 Å². The molecule has 0 bridgehead atoms. The second kappa shape index (κ2) is 5.81. The molecule has 1 saturated heterocycles. The number of fused-ring (bicyclic) bond motifs is 1. The summed E-state index contributed by atoms with van der Waals surface area (Å²) in [6.45, 7) is 1.78. The Bertz CT molecular complexity index is 697. The number of nitrogens with zero attached hydrogens (tertiary/aromatic N) is 2. The van der Waals surface area contributed by atoms with Gasteiger partial charge in [0.05, 0.1) is 11.1 Å². The smallest absolute Gasteiger partial charge is 0.232 e. The normalized spacial score (nSPS) is 26.7. The highest BCUT2D eigenvalue weighted by atomic mass is 16.2. The van der Waals surface area contributed by atoms with E-state index in [9.17, 15) is 4.79 Å². The number of amides is 1. The van der Waals surface area contributed by atoms with Crippen LogP contribution in [0.15, 0.2) is 42.7 Å². The summed E-state index contributed by atoms with van der Waals surface area (Å²) < 4.78 is 1.80. The SMILES string of the molecule is O=C(Nc1cccc(-n2cccn2)c1)[C@@]12CCCC[C@H]1CNC2. The Labute approximate surface area is 136 Å². The first-order chi connectivity index (χ1) is 11.3. The maximum Gasteiger partial charge on any atom is 0.232 e. The van der Waals surface area contributed by atoms with E-state index in [1.54, 1.807) is 10.9 Å². The fraction of sp³-hybridized carbons (Fsp3) is 0.444. The van der Waals surface area contributed by atoms with Crippen LogP contribution in [-0.4, -0.2) is 28.8 Å². The lowest BCUT2D eigenvalue weighted by Crippen LogP contribution is -2.44. The van der Waals surface area contributed by atoms with E-state index in [0.717, 1.165) is 43.7 Å². The molecular weight excluding hydrogens is 288 g/mol. The molecule has 1 saturated carbocycles. The highest BCUT2D eigenvalue weighted by Crippen LogP contribution is 2.44. The van der Waals surface area contributed by atoms with Gasteiger partial charge in [0.15, 0.2) is 0 Å². The predicted octanol–water partition coefficient (Wildman–Crippen LogP) is 2.59. The van der Waals surface area contributed by atoms with Crippen LogP contribution < -0.4 is 10.6 Å². The lowest BCUT2D eigenvalue weighted by molar-refractivity contribution is -0.128. The monoisotopic (exact) mass is 310 g/mol. The van der Waals surface area contributed by atoms with Crippen molar-refractivity contribution in [1.82, 2.24) is 15.1 Å². The number of benzene rings is 1. The largest absolute Gasteiger partial charge is 0.325 e. The van der Waals surface area contributed by atoms with E-state index < -0.39 is 0 Å². The first-order valence-corrected chi connectivity index (χ1v) is 8.40. The van der Waals surface area contributed by atoms with Crippen molar-refractivity contribution in [3.8, 4) is 5.69 Å². The van der Waals surface area contributed by atoms with E-state index in [0.29, 0.717) is 5.92 Å². The summed E-state index contributed by atoms with van der Waals surface area (Å²) in [5.41, 5.74) is 1.57. The van der Waals surface area contributed by atoms with Gasteiger partial charge in [-0.25, -0.2) is 4.68 Å². The summed E-state index contributed by atoms with van der Waals surface area (Å²) in [7, 11) is 0. The summed E-state index contributed by atoms with van der Waals surface area (Å²) in [5, 5.41) is 10.8. The zero-order valence-corrected chi connectivity index (χ0v) is 13.2. The maximum absolute atomic E-state index is 13.0. The molecule has 5 nitrogen and oxygen atoms in total. The fourth-order valence-corrected chi connectivity index (χ4v) is 4.09. The summed E-state index contributed by atoms with van der Waals surface area (Å²) in [6, 6.07) is 9.75. The number of aromatic nitrogens is 2. The number of nitrogens with one attached hydrogen (secondary N) is 2. The van der Waals surface area contributed by atoms with Crippen molar-refractivity contribution in [3.05, 3.63) is 42.7 Å². The van der Waals surface area contributed by atoms with E-state index in [2.05, 4.69) is 15.7 Å². The van der Waals surface area contributed by atoms with Crippen LogP contribution in [0, 0.1) is 11.3 Å². The molecule has 1 amide bonds. The highest BCUT2D eigenvalue weighted by Gasteiger charge is 2.49. The van der Waals surface area contributed by atoms with Gasteiger partial charge in [0.1, 0.15) is 0 Å². The molecule has 2 aliphatic rings.